The minimum atomic E-state index is -0.851. The highest BCUT2D eigenvalue weighted by molar-refractivity contribution is 5.75. The van der Waals surface area contributed by atoms with E-state index < -0.39 is 11.9 Å². The molecule has 0 aromatic heterocycles. The summed E-state index contributed by atoms with van der Waals surface area (Å²) in [7, 11) is 0. The van der Waals surface area contributed by atoms with Gasteiger partial charge in [-0.2, -0.15) is 0 Å². The summed E-state index contributed by atoms with van der Waals surface area (Å²) in [6.45, 7) is 3.55. The van der Waals surface area contributed by atoms with Gasteiger partial charge in [0.25, 0.3) is 0 Å². The van der Waals surface area contributed by atoms with Crippen LogP contribution in [-0.4, -0.2) is 17.4 Å². The lowest BCUT2D eigenvalue weighted by Gasteiger charge is -2.09. The van der Waals surface area contributed by atoms with E-state index >= 15 is 0 Å². The van der Waals surface area contributed by atoms with Gasteiger partial charge < -0.3 is 9.90 Å². The first-order valence-corrected chi connectivity index (χ1v) is 4.82. The number of benzene rings is 1. The predicted octanol–water partition coefficient (Wildman–Crippen LogP) is 1.92. The van der Waals surface area contributed by atoms with Gasteiger partial charge in [0.05, 0.1) is 5.92 Å². The molecule has 1 rings (SSSR count). The molecule has 0 aliphatic rings. The number of aryl methyl sites for hydroxylation is 1. The van der Waals surface area contributed by atoms with Gasteiger partial charge in [0.15, 0.2) is 0 Å². The summed E-state index contributed by atoms with van der Waals surface area (Å²) < 4.78 is 0. The van der Waals surface area contributed by atoms with Crippen LogP contribution in [0.5, 0.6) is 0 Å². The van der Waals surface area contributed by atoms with E-state index in [1.165, 1.54) is 0 Å². The van der Waals surface area contributed by atoms with Crippen LogP contribution in [0.2, 0.25) is 0 Å². The third-order valence-corrected chi connectivity index (χ3v) is 2.55. The van der Waals surface area contributed by atoms with Gasteiger partial charge in [0.1, 0.15) is 6.29 Å². The summed E-state index contributed by atoms with van der Waals surface area (Å²) in [5.74, 6) is -1.38. The summed E-state index contributed by atoms with van der Waals surface area (Å²) in [4.78, 5) is 21.2. The number of carbonyl (C=O) groups excluding carboxylic acids is 1. The lowest BCUT2D eigenvalue weighted by molar-refractivity contribution is -0.138. The van der Waals surface area contributed by atoms with Gasteiger partial charge >= 0.3 is 5.97 Å². The molecule has 1 unspecified atom stereocenters. The molecule has 0 bridgehead atoms. The Bertz CT molecular complexity index is 382. The largest absolute Gasteiger partial charge is 0.481 e. The number of carbonyl (C=O) groups is 2. The molecule has 3 nitrogen and oxygen atoms in total. The van der Waals surface area contributed by atoms with Crippen LogP contribution in [0.4, 0.5) is 0 Å². The smallest absolute Gasteiger partial charge is 0.310 e. The van der Waals surface area contributed by atoms with Gasteiger partial charge in [0.2, 0.25) is 0 Å². The monoisotopic (exact) mass is 206 g/mol. The first-order valence-electron chi connectivity index (χ1n) is 4.82. The van der Waals surface area contributed by atoms with E-state index in [2.05, 4.69) is 0 Å². The second-order valence-electron chi connectivity index (χ2n) is 3.62. The Kier molecular flexibility index (Phi) is 3.61. The van der Waals surface area contributed by atoms with Crippen molar-refractivity contribution in [3.8, 4) is 0 Å². The zero-order chi connectivity index (χ0) is 11.4. The molecule has 0 saturated heterocycles. The van der Waals surface area contributed by atoms with E-state index in [1.54, 1.807) is 19.1 Å². The molecular weight excluding hydrogens is 192 g/mol. The van der Waals surface area contributed by atoms with Crippen LogP contribution >= 0.6 is 0 Å². The minimum absolute atomic E-state index is 0.339. The first-order chi connectivity index (χ1) is 7.06. The van der Waals surface area contributed by atoms with Crippen molar-refractivity contribution >= 4 is 12.3 Å². The lowest BCUT2D eigenvalue weighted by atomic mass is 9.95. The molecule has 1 atom stereocenters. The van der Waals surface area contributed by atoms with Crippen LogP contribution in [0.25, 0.3) is 0 Å². The second-order valence-corrected chi connectivity index (χ2v) is 3.62. The van der Waals surface area contributed by atoms with E-state index in [1.807, 2.05) is 13.0 Å². The molecule has 0 spiro atoms. The van der Waals surface area contributed by atoms with Gasteiger partial charge in [-0.05, 0) is 30.5 Å². The van der Waals surface area contributed by atoms with Crippen molar-refractivity contribution in [3.63, 3.8) is 0 Å². The van der Waals surface area contributed by atoms with Crippen molar-refractivity contribution < 1.29 is 14.7 Å². The van der Waals surface area contributed by atoms with Crippen molar-refractivity contribution in [3.05, 3.63) is 34.9 Å². The maximum Gasteiger partial charge on any atom is 0.310 e. The van der Waals surface area contributed by atoms with Gasteiger partial charge in [-0.1, -0.05) is 18.2 Å². The highest BCUT2D eigenvalue weighted by Gasteiger charge is 2.14. The Hall–Kier alpha value is -1.64. The average molecular weight is 206 g/mol. The molecule has 1 aromatic rings. The molecule has 0 amide bonds. The SMILES string of the molecule is Cc1ccc(C(C)C(=O)O)cc1CC=O. The zero-order valence-corrected chi connectivity index (χ0v) is 8.86. The van der Waals surface area contributed by atoms with Gasteiger partial charge in [-0.25, -0.2) is 0 Å². The highest BCUT2D eigenvalue weighted by Crippen LogP contribution is 2.19. The number of hydrogen-bond donors (Lipinski definition) is 1. The van der Waals surface area contributed by atoms with Crippen LogP contribution in [0, 0.1) is 6.92 Å². The van der Waals surface area contributed by atoms with E-state index in [0.717, 1.165) is 23.0 Å². The molecule has 1 aromatic carbocycles. The van der Waals surface area contributed by atoms with Crippen molar-refractivity contribution in [2.75, 3.05) is 0 Å². The first kappa shape index (κ1) is 11.4. The van der Waals surface area contributed by atoms with Crippen LogP contribution in [0.3, 0.4) is 0 Å². The fourth-order valence-corrected chi connectivity index (χ4v) is 1.41. The molecule has 80 valence electrons. The molecule has 0 aliphatic carbocycles. The Balaban J connectivity index is 3.06. The third-order valence-electron chi connectivity index (χ3n) is 2.55. The maximum absolute atomic E-state index is 10.8. The molecule has 0 saturated carbocycles. The van der Waals surface area contributed by atoms with Gasteiger partial charge in [-0.15, -0.1) is 0 Å². The van der Waals surface area contributed by atoms with Crippen molar-refractivity contribution in [2.24, 2.45) is 0 Å². The van der Waals surface area contributed by atoms with E-state index in [0.29, 0.717) is 6.42 Å². The molecule has 0 fully saturated rings. The second kappa shape index (κ2) is 4.73. The molecule has 15 heavy (non-hydrogen) atoms. The van der Waals surface area contributed by atoms with E-state index in [4.69, 9.17) is 5.11 Å². The Morgan fingerprint density at radius 3 is 2.73 bits per heavy atom. The molecule has 1 N–H and O–H groups in total. The summed E-state index contributed by atoms with van der Waals surface area (Å²) >= 11 is 0. The van der Waals surface area contributed by atoms with Crippen LogP contribution < -0.4 is 0 Å². The van der Waals surface area contributed by atoms with E-state index in [9.17, 15) is 9.59 Å². The quantitative estimate of drug-likeness (QED) is 0.766. The summed E-state index contributed by atoms with van der Waals surface area (Å²) in [5, 5.41) is 8.86. The van der Waals surface area contributed by atoms with E-state index in [-0.39, 0.29) is 0 Å². The standard InChI is InChI=1S/C12H14O3/c1-8-3-4-11(9(2)12(14)15)7-10(8)5-6-13/h3-4,6-7,9H,5H2,1-2H3,(H,14,15). The van der Waals surface area contributed by atoms with Crippen molar-refractivity contribution in [2.45, 2.75) is 26.2 Å². The van der Waals surface area contributed by atoms with Gasteiger partial charge in [-0.3, -0.25) is 4.79 Å². The zero-order valence-electron chi connectivity index (χ0n) is 8.86. The van der Waals surface area contributed by atoms with Crippen LogP contribution in [0.1, 0.15) is 29.5 Å². The third kappa shape index (κ3) is 2.65. The number of rotatable bonds is 4. The lowest BCUT2D eigenvalue weighted by Crippen LogP contribution is -2.08. The molecule has 0 aliphatic heterocycles. The predicted molar refractivity (Wildman–Crippen MR) is 57.0 cm³/mol. The van der Waals surface area contributed by atoms with Gasteiger partial charge in [0, 0.05) is 6.42 Å². The number of aliphatic carboxylic acids is 1. The molecule has 0 radical (unpaired) electrons. The average Bonchev–Trinajstić information content (AvgIpc) is 2.20. The number of aldehydes is 1. The number of hydrogen-bond acceptors (Lipinski definition) is 2. The summed E-state index contributed by atoms with van der Waals surface area (Å²) in [5.41, 5.74) is 2.66. The summed E-state index contributed by atoms with van der Waals surface area (Å²) in [6.07, 6.45) is 1.17. The minimum Gasteiger partial charge on any atom is -0.481 e. The van der Waals surface area contributed by atoms with Crippen LogP contribution in [-0.2, 0) is 16.0 Å². The Morgan fingerprint density at radius 1 is 1.53 bits per heavy atom. The summed E-state index contributed by atoms with van der Waals surface area (Å²) in [6, 6.07) is 5.44. The van der Waals surface area contributed by atoms with Crippen molar-refractivity contribution in [1.82, 2.24) is 0 Å². The molecule has 3 heteroatoms. The fourth-order valence-electron chi connectivity index (χ4n) is 1.41. The topological polar surface area (TPSA) is 54.4 Å². The normalized spacial score (nSPS) is 12.1. The molecular formula is C12H14O3. The number of carboxylic acid groups (broad SMARTS) is 1. The van der Waals surface area contributed by atoms with Crippen LogP contribution in [0.15, 0.2) is 18.2 Å². The highest BCUT2D eigenvalue weighted by atomic mass is 16.4. The van der Waals surface area contributed by atoms with Crippen molar-refractivity contribution in [1.29, 1.82) is 0 Å². The Labute approximate surface area is 88.7 Å². The number of carboxylic acids is 1. The fraction of sp³-hybridized carbons (Fsp3) is 0.333. The Morgan fingerprint density at radius 2 is 2.20 bits per heavy atom. The molecule has 0 heterocycles. The maximum atomic E-state index is 10.8.